The van der Waals surface area contributed by atoms with Gasteiger partial charge >= 0.3 is 273 Å². The van der Waals surface area contributed by atoms with E-state index in [0.29, 0.717) is 0 Å². The molecule has 0 amide bonds. The summed E-state index contributed by atoms with van der Waals surface area (Å²) in [6.07, 6.45) is 9.21. The average Bonchev–Trinajstić information content (AvgIpc) is 3.53. The second kappa shape index (κ2) is 13.1. The Hall–Kier alpha value is -2.18. The second-order valence-corrected chi connectivity index (χ2v) is 18.6. The Bertz CT molecular complexity index is 1800. The normalized spacial score (nSPS) is 13.4. The Morgan fingerprint density at radius 3 is 1.62 bits per heavy atom. The molecule has 6 rings (SSSR count). The molecular weight excluding hydrogens is 667 g/mol. The van der Waals surface area contributed by atoms with Gasteiger partial charge in [0, 0.05) is 0 Å². The van der Waals surface area contributed by atoms with Crippen LogP contribution in [0.3, 0.4) is 0 Å². The van der Waals surface area contributed by atoms with Crippen molar-refractivity contribution in [2.45, 2.75) is 92.9 Å². The SMILES string of the molecule is Cc1cc(C)cc(-c2cc3c(cc2C(C)(C)C)-c2cc(C(C)(C)C)c(-c4cc(C)cc(C)c4)[c]([Zr+2][C]4=CC=CC4)c2C3)c1.[Cl-].[Cl-]. The maximum Gasteiger partial charge on any atom is -1.00 e. The van der Waals surface area contributed by atoms with Crippen LogP contribution in [0.4, 0.5) is 0 Å². The molecule has 232 valence electrons. The van der Waals surface area contributed by atoms with Crippen LogP contribution in [-0.2, 0) is 40.5 Å². The number of rotatable bonds is 4. The van der Waals surface area contributed by atoms with Gasteiger partial charge in [-0.25, -0.2) is 0 Å². The van der Waals surface area contributed by atoms with Crippen LogP contribution in [0.15, 0.2) is 76.1 Å². The van der Waals surface area contributed by atoms with Crippen molar-refractivity contribution in [2.75, 3.05) is 0 Å². The van der Waals surface area contributed by atoms with Crippen molar-refractivity contribution in [3.05, 3.63) is 121 Å². The van der Waals surface area contributed by atoms with E-state index in [9.17, 15) is 0 Å². The third kappa shape index (κ3) is 7.08. The Kier molecular flexibility index (Phi) is 10.4. The molecule has 0 radical (unpaired) electrons. The van der Waals surface area contributed by atoms with Crippen LogP contribution in [-0.4, -0.2) is 0 Å². The van der Waals surface area contributed by atoms with Crippen LogP contribution in [0.2, 0.25) is 0 Å². The molecule has 0 aliphatic heterocycles. The summed E-state index contributed by atoms with van der Waals surface area (Å²) in [5, 5.41) is 0. The summed E-state index contributed by atoms with van der Waals surface area (Å²) < 4.78 is 3.39. The molecule has 0 nitrogen and oxygen atoms in total. The van der Waals surface area contributed by atoms with Crippen molar-refractivity contribution in [3.8, 4) is 33.4 Å². The van der Waals surface area contributed by atoms with Gasteiger partial charge in [0.1, 0.15) is 0 Å². The predicted molar refractivity (Wildman–Crippen MR) is 183 cm³/mol. The minimum absolute atomic E-state index is 0. The van der Waals surface area contributed by atoms with Crippen molar-refractivity contribution in [1.82, 2.24) is 0 Å². The molecule has 0 bridgehead atoms. The molecule has 0 atom stereocenters. The van der Waals surface area contributed by atoms with E-state index in [2.05, 4.69) is 142 Å². The molecule has 4 aromatic rings. The number of hydrogen-bond acceptors (Lipinski definition) is 0. The fourth-order valence-corrected chi connectivity index (χ4v) is 10.9. The van der Waals surface area contributed by atoms with E-state index < -0.39 is 23.2 Å². The van der Waals surface area contributed by atoms with Crippen molar-refractivity contribution in [2.24, 2.45) is 0 Å². The minimum atomic E-state index is -1.03. The van der Waals surface area contributed by atoms with E-state index in [0.717, 1.165) is 12.8 Å². The fourth-order valence-electron chi connectivity index (χ4n) is 7.22. The summed E-state index contributed by atoms with van der Waals surface area (Å²) in [6.45, 7) is 23.3. The minimum Gasteiger partial charge on any atom is -1.00 e. The molecule has 3 heteroatoms. The van der Waals surface area contributed by atoms with Gasteiger partial charge in [-0.05, 0) is 0 Å². The molecule has 45 heavy (non-hydrogen) atoms. The number of halogens is 2. The molecule has 0 heterocycles. The van der Waals surface area contributed by atoms with Crippen LogP contribution in [0.1, 0.15) is 92.5 Å². The molecule has 0 aromatic heterocycles. The Morgan fingerprint density at radius 2 is 1.11 bits per heavy atom. The number of hydrogen-bond donors (Lipinski definition) is 0. The van der Waals surface area contributed by atoms with Crippen LogP contribution in [0, 0.1) is 27.7 Å². The van der Waals surface area contributed by atoms with Gasteiger partial charge in [-0.2, -0.15) is 0 Å². The average molecular weight is 713 g/mol. The van der Waals surface area contributed by atoms with Gasteiger partial charge in [0.2, 0.25) is 0 Å². The zero-order valence-corrected chi connectivity index (χ0v) is 32.6. The van der Waals surface area contributed by atoms with E-state index in [1.807, 2.05) is 0 Å². The fraction of sp³-hybridized carbons (Fsp3) is 0.333. The van der Waals surface area contributed by atoms with Gasteiger partial charge in [0.05, 0.1) is 0 Å². The molecule has 4 aromatic carbocycles. The number of aryl methyl sites for hydroxylation is 4. The molecule has 0 saturated heterocycles. The molecule has 0 saturated carbocycles. The van der Waals surface area contributed by atoms with Crippen molar-refractivity contribution in [1.29, 1.82) is 0 Å². The summed E-state index contributed by atoms with van der Waals surface area (Å²) in [4.78, 5) is 0. The summed E-state index contributed by atoms with van der Waals surface area (Å²) >= 11 is -1.03. The standard InChI is InChI=1S/C37H41.C5H5.2ClH.Zr/c1-22-11-23(2)14-26(13-22)32-18-28-17-29-19-33(27-15-24(3)12-25(4)16-27)35(37(8,9)10)21-31(29)30(28)20-34(32)36(5,6)7;1-2-4-5-3-1;;;/h11-16,18,20-21H,17H2,1-10H3;1-3H,4H2;2*1H;/q;;;;+2/p-2. The van der Waals surface area contributed by atoms with Gasteiger partial charge in [0.15, 0.2) is 0 Å². The van der Waals surface area contributed by atoms with E-state index in [4.69, 9.17) is 0 Å². The van der Waals surface area contributed by atoms with E-state index in [-0.39, 0.29) is 35.6 Å². The molecule has 2 aliphatic rings. The van der Waals surface area contributed by atoms with Gasteiger partial charge in [-0.15, -0.1) is 0 Å². The first-order valence-corrected chi connectivity index (χ1v) is 18.3. The quantitative estimate of drug-likeness (QED) is 0.247. The van der Waals surface area contributed by atoms with E-state index in [1.54, 1.807) is 12.1 Å². The van der Waals surface area contributed by atoms with Crippen molar-refractivity contribution < 1.29 is 48.0 Å². The molecule has 0 unspecified atom stereocenters. The van der Waals surface area contributed by atoms with Gasteiger partial charge in [-0.1, -0.05) is 0 Å². The largest absolute Gasteiger partial charge is 1.00 e. The number of fused-ring (bicyclic) bond motifs is 3. The van der Waals surface area contributed by atoms with Crippen molar-refractivity contribution >= 4 is 3.27 Å². The maximum absolute atomic E-state index is 2.60. The van der Waals surface area contributed by atoms with Crippen LogP contribution in [0.5, 0.6) is 0 Å². The summed E-state index contributed by atoms with van der Waals surface area (Å²) in [7, 11) is 0. The first-order chi connectivity index (χ1) is 20.2. The van der Waals surface area contributed by atoms with Gasteiger partial charge in [-0.3, -0.25) is 0 Å². The third-order valence-electron chi connectivity index (χ3n) is 9.05. The number of allylic oxidation sites excluding steroid dienone is 4. The molecule has 0 fully saturated rings. The maximum atomic E-state index is 2.60. The molecular formula is C42H46Cl2Zr. The topological polar surface area (TPSA) is 0 Å². The molecule has 0 N–H and O–H groups in total. The van der Waals surface area contributed by atoms with Crippen molar-refractivity contribution in [3.63, 3.8) is 0 Å². The van der Waals surface area contributed by atoms with E-state index >= 15 is 0 Å². The zero-order chi connectivity index (χ0) is 30.8. The van der Waals surface area contributed by atoms with Crippen LogP contribution < -0.4 is 28.1 Å². The monoisotopic (exact) mass is 710 g/mol. The Labute approximate surface area is 296 Å². The van der Waals surface area contributed by atoms with E-state index in [1.165, 1.54) is 72.3 Å². The molecule has 2 aliphatic carbocycles. The van der Waals surface area contributed by atoms with Gasteiger partial charge in [0.25, 0.3) is 0 Å². The van der Waals surface area contributed by atoms with Gasteiger partial charge < -0.3 is 24.8 Å². The zero-order valence-electron chi connectivity index (χ0n) is 28.6. The first kappa shape index (κ1) is 35.7. The van der Waals surface area contributed by atoms with Crippen LogP contribution >= 0.6 is 0 Å². The molecule has 0 spiro atoms. The Balaban J connectivity index is 0.00000230. The summed E-state index contributed by atoms with van der Waals surface area (Å²) in [5.74, 6) is 0. The predicted octanol–water partition coefficient (Wildman–Crippen LogP) is 4.98. The first-order valence-electron chi connectivity index (χ1n) is 15.9. The Morgan fingerprint density at radius 1 is 0.578 bits per heavy atom. The third-order valence-corrected chi connectivity index (χ3v) is 12.7. The number of benzene rings is 4. The van der Waals surface area contributed by atoms with Crippen LogP contribution in [0.25, 0.3) is 33.4 Å². The summed E-state index contributed by atoms with van der Waals surface area (Å²) in [5.41, 5.74) is 20.2. The second-order valence-electron chi connectivity index (χ2n) is 15.1. The smallest absolute Gasteiger partial charge is 1.00 e. The summed E-state index contributed by atoms with van der Waals surface area (Å²) in [6, 6.07) is 22.0.